The number of carbonyl (C=O) groups is 1. The Labute approximate surface area is 105 Å². The minimum atomic E-state index is -0.275. The van der Waals surface area contributed by atoms with Crippen molar-refractivity contribution in [1.29, 1.82) is 0 Å². The molecule has 1 aliphatic rings. The van der Waals surface area contributed by atoms with Crippen LogP contribution in [0.15, 0.2) is 0 Å². The molecule has 1 saturated heterocycles. The van der Waals surface area contributed by atoms with Crippen LogP contribution in [0.3, 0.4) is 0 Å². The third kappa shape index (κ3) is 3.46. The fourth-order valence-corrected chi connectivity index (χ4v) is 1.73. The minimum Gasteiger partial charge on any atom is -0.403 e. The molecular weight excluding hydrogens is 217 g/mol. The first kappa shape index (κ1) is 14.5. The molecule has 0 unspecified atom stereocenters. The second-order valence-electron chi connectivity index (χ2n) is 5.87. The largest absolute Gasteiger partial charge is 0.457 e. The summed E-state index contributed by atoms with van der Waals surface area (Å²) in [4.78, 5) is 13.0. The smallest absolute Gasteiger partial charge is 0.403 e. The second-order valence-corrected chi connectivity index (χ2v) is 5.87. The predicted octanol–water partition coefficient (Wildman–Crippen LogP) is 1.95. The Hall–Kier alpha value is -0.545. The molecule has 0 saturated carbocycles. The molecular formula is C12H24BNO3. The van der Waals surface area contributed by atoms with Crippen molar-refractivity contribution in [3.63, 3.8) is 0 Å². The summed E-state index contributed by atoms with van der Waals surface area (Å²) >= 11 is 0. The lowest BCUT2D eigenvalue weighted by molar-refractivity contribution is -0.128. The van der Waals surface area contributed by atoms with Gasteiger partial charge < -0.3 is 14.2 Å². The third-order valence-electron chi connectivity index (χ3n) is 3.63. The highest BCUT2D eigenvalue weighted by Gasteiger charge is 2.50. The summed E-state index contributed by atoms with van der Waals surface area (Å²) in [5.74, 6) is 0.154. The molecule has 0 atom stereocenters. The zero-order valence-corrected chi connectivity index (χ0v) is 11.9. The van der Waals surface area contributed by atoms with E-state index in [0.717, 1.165) is 12.7 Å². The lowest BCUT2D eigenvalue weighted by atomic mass is 9.82. The van der Waals surface area contributed by atoms with E-state index in [2.05, 4.69) is 0 Å². The summed E-state index contributed by atoms with van der Waals surface area (Å²) < 4.78 is 11.7. The maximum Gasteiger partial charge on any atom is 0.457 e. The van der Waals surface area contributed by atoms with Crippen molar-refractivity contribution >= 4 is 13.0 Å². The van der Waals surface area contributed by atoms with Crippen LogP contribution in [0.4, 0.5) is 0 Å². The average molecular weight is 241 g/mol. The standard InChI is InChI=1S/C12H24BNO3/c1-11(2)12(3,4)17-13(16-11)9-7-8-10(15)14(5)6/h7-9H2,1-6H3. The molecule has 0 N–H and O–H groups in total. The van der Waals surface area contributed by atoms with Gasteiger partial charge >= 0.3 is 7.12 Å². The number of hydrogen-bond acceptors (Lipinski definition) is 3. The molecule has 0 aromatic rings. The summed E-state index contributed by atoms with van der Waals surface area (Å²) in [5.41, 5.74) is -0.549. The van der Waals surface area contributed by atoms with Crippen LogP contribution in [-0.2, 0) is 14.1 Å². The van der Waals surface area contributed by atoms with Gasteiger partial charge in [-0.15, -0.1) is 0 Å². The maximum atomic E-state index is 11.4. The molecule has 0 aromatic carbocycles. The highest BCUT2D eigenvalue weighted by molar-refractivity contribution is 6.45. The van der Waals surface area contributed by atoms with E-state index in [1.165, 1.54) is 0 Å². The van der Waals surface area contributed by atoms with Crippen molar-refractivity contribution in [3.05, 3.63) is 0 Å². The van der Waals surface area contributed by atoms with Crippen molar-refractivity contribution in [2.45, 2.75) is 58.1 Å². The predicted molar refractivity (Wildman–Crippen MR) is 68.8 cm³/mol. The highest BCUT2D eigenvalue weighted by Crippen LogP contribution is 2.38. The van der Waals surface area contributed by atoms with E-state index in [0.29, 0.717) is 6.42 Å². The summed E-state index contributed by atoms with van der Waals surface area (Å²) in [6, 6.07) is 0. The number of nitrogens with zero attached hydrogens (tertiary/aromatic N) is 1. The Morgan fingerprint density at radius 1 is 1.12 bits per heavy atom. The van der Waals surface area contributed by atoms with Gasteiger partial charge in [-0.1, -0.05) is 0 Å². The lowest BCUT2D eigenvalue weighted by Gasteiger charge is -2.32. The Bertz CT molecular complexity index is 273. The van der Waals surface area contributed by atoms with Crippen LogP contribution in [0.5, 0.6) is 0 Å². The van der Waals surface area contributed by atoms with Crippen molar-refractivity contribution in [2.75, 3.05) is 14.1 Å². The van der Waals surface area contributed by atoms with Gasteiger partial charge in [0, 0.05) is 20.5 Å². The van der Waals surface area contributed by atoms with Gasteiger partial charge in [-0.25, -0.2) is 0 Å². The van der Waals surface area contributed by atoms with Crippen LogP contribution in [0.25, 0.3) is 0 Å². The molecule has 17 heavy (non-hydrogen) atoms. The average Bonchev–Trinajstić information content (AvgIpc) is 2.34. The zero-order valence-electron chi connectivity index (χ0n) is 11.9. The fraction of sp³-hybridized carbons (Fsp3) is 0.917. The van der Waals surface area contributed by atoms with Gasteiger partial charge in [0.25, 0.3) is 0 Å². The lowest BCUT2D eigenvalue weighted by Crippen LogP contribution is -2.41. The Morgan fingerprint density at radius 3 is 2.00 bits per heavy atom. The Kier molecular flexibility index (Phi) is 4.26. The first-order valence-corrected chi connectivity index (χ1v) is 6.21. The summed E-state index contributed by atoms with van der Waals surface area (Å²) in [6.45, 7) is 8.16. The summed E-state index contributed by atoms with van der Waals surface area (Å²) in [7, 11) is 3.36. The molecule has 0 spiro atoms. The maximum absolute atomic E-state index is 11.4. The number of amides is 1. The second kappa shape index (κ2) is 4.98. The van der Waals surface area contributed by atoms with Gasteiger partial charge in [-0.05, 0) is 40.4 Å². The van der Waals surface area contributed by atoms with E-state index in [4.69, 9.17) is 9.31 Å². The monoisotopic (exact) mass is 241 g/mol. The van der Waals surface area contributed by atoms with Crippen LogP contribution < -0.4 is 0 Å². The summed E-state index contributed by atoms with van der Waals surface area (Å²) in [5, 5.41) is 0. The summed E-state index contributed by atoms with van der Waals surface area (Å²) in [6.07, 6.45) is 2.12. The van der Waals surface area contributed by atoms with Crippen LogP contribution in [0.1, 0.15) is 40.5 Å². The quantitative estimate of drug-likeness (QED) is 0.706. The number of carbonyl (C=O) groups excluding carboxylic acids is 1. The van der Waals surface area contributed by atoms with Gasteiger partial charge in [0.05, 0.1) is 11.2 Å². The molecule has 1 fully saturated rings. The molecule has 1 heterocycles. The van der Waals surface area contributed by atoms with Crippen LogP contribution in [0.2, 0.25) is 6.32 Å². The fourth-order valence-electron chi connectivity index (χ4n) is 1.73. The molecule has 4 nitrogen and oxygen atoms in total. The van der Waals surface area contributed by atoms with E-state index in [9.17, 15) is 4.79 Å². The highest BCUT2D eigenvalue weighted by atomic mass is 16.7. The molecule has 0 aliphatic carbocycles. The van der Waals surface area contributed by atoms with E-state index < -0.39 is 0 Å². The van der Waals surface area contributed by atoms with Crippen molar-refractivity contribution in [2.24, 2.45) is 0 Å². The van der Waals surface area contributed by atoms with Crippen LogP contribution in [0, 0.1) is 0 Å². The molecule has 0 aromatic heterocycles. The van der Waals surface area contributed by atoms with Gasteiger partial charge in [0.15, 0.2) is 0 Å². The van der Waals surface area contributed by atoms with Gasteiger partial charge in [-0.2, -0.15) is 0 Å². The minimum absolute atomic E-state index is 0.154. The van der Waals surface area contributed by atoms with Crippen LogP contribution >= 0.6 is 0 Å². The normalized spacial score (nSPS) is 21.6. The molecule has 1 rings (SSSR count). The van der Waals surface area contributed by atoms with E-state index in [-0.39, 0.29) is 24.2 Å². The first-order valence-electron chi connectivity index (χ1n) is 6.21. The van der Waals surface area contributed by atoms with E-state index in [1.54, 1.807) is 19.0 Å². The molecule has 5 heteroatoms. The Morgan fingerprint density at radius 2 is 1.59 bits per heavy atom. The molecule has 98 valence electrons. The van der Waals surface area contributed by atoms with E-state index >= 15 is 0 Å². The van der Waals surface area contributed by atoms with Crippen molar-refractivity contribution < 1.29 is 14.1 Å². The van der Waals surface area contributed by atoms with Crippen molar-refractivity contribution in [1.82, 2.24) is 4.90 Å². The van der Waals surface area contributed by atoms with Crippen LogP contribution in [-0.4, -0.2) is 43.2 Å². The molecule has 0 radical (unpaired) electrons. The molecule has 0 bridgehead atoms. The number of rotatable bonds is 4. The molecule has 1 aliphatic heterocycles. The van der Waals surface area contributed by atoms with Gasteiger partial charge in [0.2, 0.25) is 5.91 Å². The SMILES string of the molecule is CN(C)C(=O)CCCB1OC(C)(C)C(C)(C)O1. The van der Waals surface area contributed by atoms with Gasteiger partial charge in [-0.3, -0.25) is 4.79 Å². The van der Waals surface area contributed by atoms with Gasteiger partial charge in [0.1, 0.15) is 0 Å². The topological polar surface area (TPSA) is 38.8 Å². The third-order valence-corrected chi connectivity index (χ3v) is 3.63. The number of hydrogen-bond donors (Lipinski definition) is 0. The zero-order chi connectivity index (χ0) is 13.3. The van der Waals surface area contributed by atoms with Crippen molar-refractivity contribution in [3.8, 4) is 0 Å². The Balaban J connectivity index is 2.34. The molecule has 1 amide bonds. The first-order chi connectivity index (χ1) is 7.66. The van der Waals surface area contributed by atoms with E-state index in [1.807, 2.05) is 27.7 Å².